The zero-order valence-corrected chi connectivity index (χ0v) is 11.6. The molecule has 0 aromatic heterocycles. The quantitative estimate of drug-likeness (QED) is 0.738. The summed E-state index contributed by atoms with van der Waals surface area (Å²) in [6.07, 6.45) is 1.35. The number of piperidine rings is 1. The van der Waals surface area contributed by atoms with Crippen molar-refractivity contribution < 1.29 is 13.5 Å². The predicted octanol–water partition coefficient (Wildman–Crippen LogP) is 0.616. The lowest BCUT2D eigenvalue weighted by molar-refractivity contribution is 0.311. The van der Waals surface area contributed by atoms with Gasteiger partial charge in [-0.25, -0.2) is 8.42 Å². The monoisotopic (exact) mass is 284 g/mol. The summed E-state index contributed by atoms with van der Waals surface area (Å²) in [6.45, 7) is 2.04. The second-order valence-corrected chi connectivity index (χ2v) is 6.90. The van der Waals surface area contributed by atoms with Crippen LogP contribution >= 0.6 is 0 Å². The number of aliphatic hydroxyl groups is 1. The lowest BCUT2D eigenvalue weighted by atomic mass is 10.2. The summed E-state index contributed by atoms with van der Waals surface area (Å²) < 4.78 is 24.8. The Kier molecular flexibility index (Phi) is 4.79. The van der Waals surface area contributed by atoms with Gasteiger partial charge in [-0.2, -0.15) is 0 Å². The van der Waals surface area contributed by atoms with E-state index in [2.05, 4.69) is 10.6 Å². The first kappa shape index (κ1) is 14.3. The Hall–Kier alpha value is -1.11. The number of aliphatic hydroxyl groups excluding tert-OH is 1. The molecule has 1 aliphatic rings. The molecule has 0 atom stereocenters. The molecule has 3 N–H and O–H groups in total. The first-order valence-corrected chi connectivity index (χ1v) is 8.08. The SMILES string of the molecule is O=S(=O)(c1ccc(NCCO)cc1)C1CCNCC1. The minimum atomic E-state index is -3.22. The van der Waals surface area contributed by atoms with E-state index < -0.39 is 9.84 Å². The van der Waals surface area contributed by atoms with Crippen LogP contribution in [-0.2, 0) is 9.84 Å². The van der Waals surface area contributed by atoms with E-state index in [1.807, 2.05) is 0 Å². The number of hydrogen-bond donors (Lipinski definition) is 3. The molecule has 106 valence electrons. The Morgan fingerprint density at radius 3 is 2.42 bits per heavy atom. The average Bonchev–Trinajstić information content (AvgIpc) is 2.46. The normalized spacial score (nSPS) is 17.3. The number of nitrogens with one attached hydrogen (secondary N) is 2. The van der Waals surface area contributed by atoms with Gasteiger partial charge in [0.15, 0.2) is 9.84 Å². The summed E-state index contributed by atoms with van der Waals surface area (Å²) in [7, 11) is -3.22. The number of benzene rings is 1. The van der Waals surface area contributed by atoms with Crippen molar-refractivity contribution in [1.29, 1.82) is 0 Å². The minimum Gasteiger partial charge on any atom is -0.395 e. The molecule has 0 spiro atoms. The van der Waals surface area contributed by atoms with Gasteiger partial charge in [0.25, 0.3) is 0 Å². The molecule has 2 rings (SSSR count). The van der Waals surface area contributed by atoms with Gasteiger partial charge in [0.05, 0.1) is 16.8 Å². The molecule has 1 heterocycles. The highest BCUT2D eigenvalue weighted by Gasteiger charge is 2.28. The number of rotatable bonds is 5. The molecule has 0 radical (unpaired) electrons. The molecular formula is C13H20N2O3S. The van der Waals surface area contributed by atoms with Crippen LogP contribution in [0.1, 0.15) is 12.8 Å². The highest BCUT2D eigenvalue weighted by atomic mass is 32.2. The van der Waals surface area contributed by atoms with Gasteiger partial charge in [0.1, 0.15) is 0 Å². The smallest absolute Gasteiger partial charge is 0.181 e. The van der Waals surface area contributed by atoms with Crippen molar-refractivity contribution in [3.63, 3.8) is 0 Å². The van der Waals surface area contributed by atoms with Crippen LogP contribution in [0.2, 0.25) is 0 Å². The maximum absolute atomic E-state index is 12.4. The molecule has 0 amide bonds. The van der Waals surface area contributed by atoms with Crippen LogP contribution in [0, 0.1) is 0 Å². The second kappa shape index (κ2) is 6.36. The van der Waals surface area contributed by atoms with E-state index in [0.717, 1.165) is 18.8 Å². The first-order valence-electron chi connectivity index (χ1n) is 6.54. The standard InChI is InChI=1S/C13H20N2O3S/c16-10-9-15-11-1-3-12(4-2-11)19(17,18)13-5-7-14-8-6-13/h1-4,13-16H,5-10H2. The van der Waals surface area contributed by atoms with Gasteiger partial charge < -0.3 is 15.7 Å². The summed E-state index contributed by atoms with van der Waals surface area (Å²) in [4.78, 5) is 0.383. The second-order valence-electron chi connectivity index (χ2n) is 4.67. The maximum Gasteiger partial charge on any atom is 0.181 e. The van der Waals surface area contributed by atoms with Gasteiger partial charge >= 0.3 is 0 Å². The largest absolute Gasteiger partial charge is 0.395 e. The fraction of sp³-hybridized carbons (Fsp3) is 0.538. The van der Waals surface area contributed by atoms with E-state index >= 15 is 0 Å². The molecule has 19 heavy (non-hydrogen) atoms. The molecule has 0 unspecified atom stereocenters. The number of sulfone groups is 1. The third-order valence-electron chi connectivity index (χ3n) is 3.35. The van der Waals surface area contributed by atoms with Gasteiger partial charge in [0, 0.05) is 12.2 Å². The zero-order valence-electron chi connectivity index (χ0n) is 10.8. The molecule has 0 bridgehead atoms. The van der Waals surface area contributed by atoms with Crippen molar-refractivity contribution in [2.75, 3.05) is 31.6 Å². The Morgan fingerprint density at radius 2 is 1.84 bits per heavy atom. The molecule has 1 aliphatic heterocycles. The molecule has 6 heteroatoms. The van der Waals surface area contributed by atoms with Gasteiger partial charge in [-0.3, -0.25) is 0 Å². The van der Waals surface area contributed by atoms with Crippen molar-refractivity contribution >= 4 is 15.5 Å². The summed E-state index contributed by atoms with van der Waals surface area (Å²) in [5, 5.41) is 14.6. The van der Waals surface area contributed by atoms with Crippen LogP contribution in [0.4, 0.5) is 5.69 Å². The van der Waals surface area contributed by atoms with Gasteiger partial charge in [0.2, 0.25) is 0 Å². The molecule has 1 saturated heterocycles. The highest BCUT2D eigenvalue weighted by molar-refractivity contribution is 7.92. The molecule has 0 saturated carbocycles. The van der Waals surface area contributed by atoms with Crippen LogP contribution < -0.4 is 10.6 Å². The Bertz CT molecular complexity index is 493. The third-order valence-corrected chi connectivity index (χ3v) is 5.63. The van der Waals surface area contributed by atoms with Crippen molar-refractivity contribution in [2.24, 2.45) is 0 Å². The van der Waals surface area contributed by atoms with Gasteiger partial charge in [-0.1, -0.05) is 0 Å². The Balaban J connectivity index is 2.11. The minimum absolute atomic E-state index is 0.0507. The summed E-state index contributed by atoms with van der Waals surface area (Å²) in [6, 6.07) is 6.75. The van der Waals surface area contributed by atoms with Crippen LogP contribution in [-0.4, -0.2) is 45.0 Å². The zero-order chi connectivity index (χ0) is 13.7. The number of anilines is 1. The molecule has 1 fully saturated rings. The maximum atomic E-state index is 12.4. The van der Waals surface area contributed by atoms with E-state index in [9.17, 15) is 8.42 Å². The van der Waals surface area contributed by atoms with E-state index in [1.54, 1.807) is 24.3 Å². The van der Waals surface area contributed by atoms with Crippen LogP contribution in [0.25, 0.3) is 0 Å². The van der Waals surface area contributed by atoms with Gasteiger partial charge in [-0.05, 0) is 50.2 Å². The summed E-state index contributed by atoms with van der Waals surface area (Å²) in [5.74, 6) is 0. The summed E-state index contributed by atoms with van der Waals surface area (Å²) in [5.41, 5.74) is 0.818. The Morgan fingerprint density at radius 1 is 1.21 bits per heavy atom. The van der Waals surface area contributed by atoms with E-state index in [4.69, 9.17) is 5.11 Å². The van der Waals surface area contributed by atoms with Gasteiger partial charge in [-0.15, -0.1) is 0 Å². The van der Waals surface area contributed by atoms with E-state index in [-0.39, 0.29) is 11.9 Å². The van der Waals surface area contributed by atoms with Crippen molar-refractivity contribution in [1.82, 2.24) is 5.32 Å². The van der Waals surface area contributed by atoms with Crippen LogP contribution in [0.3, 0.4) is 0 Å². The van der Waals surface area contributed by atoms with Crippen LogP contribution in [0.5, 0.6) is 0 Å². The molecule has 0 aliphatic carbocycles. The Labute approximate surface area is 113 Å². The molecular weight excluding hydrogens is 264 g/mol. The molecule has 5 nitrogen and oxygen atoms in total. The van der Waals surface area contributed by atoms with Crippen molar-refractivity contribution in [2.45, 2.75) is 23.0 Å². The lowest BCUT2D eigenvalue weighted by Gasteiger charge is -2.22. The molecule has 1 aromatic rings. The predicted molar refractivity (Wildman–Crippen MR) is 75.1 cm³/mol. The van der Waals surface area contributed by atoms with Crippen molar-refractivity contribution in [3.05, 3.63) is 24.3 Å². The summed E-state index contributed by atoms with van der Waals surface area (Å²) >= 11 is 0. The first-order chi connectivity index (χ1) is 9.14. The fourth-order valence-electron chi connectivity index (χ4n) is 2.26. The van der Waals surface area contributed by atoms with E-state index in [0.29, 0.717) is 24.3 Å². The van der Waals surface area contributed by atoms with E-state index in [1.165, 1.54) is 0 Å². The molecule has 1 aromatic carbocycles. The van der Waals surface area contributed by atoms with Crippen molar-refractivity contribution in [3.8, 4) is 0 Å². The van der Waals surface area contributed by atoms with Crippen LogP contribution in [0.15, 0.2) is 29.2 Å². The topological polar surface area (TPSA) is 78.4 Å². The average molecular weight is 284 g/mol. The highest BCUT2D eigenvalue weighted by Crippen LogP contribution is 2.23. The fourth-order valence-corrected chi connectivity index (χ4v) is 4.02. The number of hydrogen-bond acceptors (Lipinski definition) is 5. The third kappa shape index (κ3) is 3.46. The lowest BCUT2D eigenvalue weighted by Crippen LogP contribution is -2.35.